The Morgan fingerprint density at radius 1 is 1.00 bits per heavy atom. The summed E-state index contributed by atoms with van der Waals surface area (Å²) in [6, 6.07) is 22.4. The number of carbonyl (C=O) groups excluding carboxylic acids is 1. The second kappa shape index (κ2) is 7.36. The number of H-pyrrole nitrogens is 1. The number of nitrogens with one attached hydrogen (secondary N) is 2. The number of fused-ring (bicyclic) bond motifs is 1. The molecule has 0 radical (unpaired) electrons. The molecular weight excluding hydrogens is 352 g/mol. The van der Waals surface area contributed by atoms with Gasteiger partial charge in [0.2, 0.25) is 0 Å². The Kier molecular flexibility index (Phi) is 4.60. The van der Waals surface area contributed by atoms with E-state index in [1.54, 1.807) is 13.0 Å². The fourth-order valence-corrected chi connectivity index (χ4v) is 3.11. The smallest absolute Gasteiger partial charge is 0.280 e. The van der Waals surface area contributed by atoms with Crippen molar-refractivity contribution in [1.82, 2.24) is 15.2 Å². The van der Waals surface area contributed by atoms with Gasteiger partial charge in [-0.25, -0.2) is 10.1 Å². The van der Waals surface area contributed by atoms with Crippen LogP contribution >= 0.6 is 0 Å². The van der Waals surface area contributed by atoms with Gasteiger partial charge < -0.3 is 0 Å². The Morgan fingerprint density at radius 3 is 2.54 bits per heavy atom. The molecule has 0 aliphatic carbocycles. The van der Waals surface area contributed by atoms with E-state index < -0.39 is 0 Å². The van der Waals surface area contributed by atoms with Crippen molar-refractivity contribution in [3.8, 4) is 5.69 Å². The van der Waals surface area contributed by atoms with E-state index in [2.05, 4.69) is 15.6 Å². The number of nitrogens with zero attached hydrogens (tertiary/aromatic N) is 2. The first-order valence-corrected chi connectivity index (χ1v) is 8.83. The van der Waals surface area contributed by atoms with Gasteiger partial charge in [-0.3, -0.25) is 14.7 Å². The topological polar surface area (TPSA) is 79.2 Å². The first kappa shape index (κ1) is 17.5. The lowest BCUT2D eigenvalue weighted by molar-refractivity contribution is 0.0957. The van der Waals surface area contributed by atoms with E-state index in [1.165, 1.54) is 10.9 Å². The van der Waals surface area contributed by atoms with Crippen LogP contribution in [0.15, 0.2) is 82.7 Å². The number of hydrogen-bond donors (Lipinski definition) is 2. The molecule has 0 bridgehead atoms. The Hall–Kier alpha value is -3.93. The van der Waals surface area contributed by atoms with Crippen LogP contribution in [0.2, 0.25) is 0 Å². The van der Waals surface area contributed by atoms with Gasteiger partial charge in [0.1, 0.15) is 0 Å². The maximum absolute atomic E-state index is 12.6. The first-order valence-electron chi connectivity index (χ1n) is 8.83. The van der Waals surface area contributed by atoms with E-state index in [1.807, 2.05) is 66.7 Å². The van der Waals surface area contributed by atoms with Gasteiger partial charge in [0, 0.05) is 11.3 Å². The highest BCUT2D eigenvalue weighted by Crippen LogP contribution is 2.18. The fraction of sp³-hybridized carbons (Fsp3) is 0.0455. The van der Waals surface area contributed by atoms with Crippen LogP contribution in [0.5, 0.6) is 0 Å². The molecule has 2 N–H and O–H groups in total. The molecule has 28 heavy (non-hydrogen) atoms. The van der Waals surface area contributed by atoms with Gasteiger partial charge in [0.25, 0.3) is 11.5 Å². The summed E-state index contributed by atoms with van der Waals surface area (Å²) in [4.78, 5) is 25.2. The molecule has 138 valence electrons. The van der Waals surface area contributed by atoms with Crippen molar-refractivity contribution in [2.45, 2.75) is 6.92 Å². The van der Waals surface area contributed by atoms with Gasteiger partial charge in [-0.15, -0.1) is 0 Å². The third-order valence-electron chi connectivity index (χ3n) is 4.53. The Balaban J connectivity index is 1.58. The lowest BCUT2D eigenvalue weighted by atomic mass is 10.0. The summed E-state index contributed by atoms with van der Waals surface area (Å²) in [5, 5.41) is 8.85. The number of aromatic nitrogens is 2. The molecule has 0 fully saturated rings. The molecule has 0 spiro atoms. The van der Waals surface area contributed by atoms with E-state index in [0.717, 1.165) is 16.5 Å². The van der Waals surface area contributed by atoms with Crippen LogP contribution < -0.4 is 11.0 Å². The number of amides is 1. The quantitative estimate of drug-likeness (QED) is 0.427. The number of hydrazone groups is 1. The van der Waals surface area contributed by atoms with Crippen LogP contribution in [0.3, 0.4) is 0 Å². The average molecular weight is 370 g/mol. The number of carbonyl (C=O) groups is 1. The predicted octanol–water partition coefficient (Wildman–Crippen LogP) is 3.39. The highest BCUT2D eigenvalue weighted by atomic mass is 16.2. The second-order valence-electron chi connectivity index (χ2n) is 6.35. The summed E-state index contributed by atoms with van der Waals surface area (Å²) in [5.41, 5.74) is 4.60. The number of rotatable bonds is 4. The molecule has 0 saturated heterocycles. The van der Waals surface area contributed by atoms with Crippen molar-refractivity contribution < 1.29 is 4.79 Å². The Morgan fingerprint density at radius 2 is 1.71 bits per heavy atom. The van der Waals surface area contributed by atoms with Crippen molar-refractivity contribution in [2.24, 2.45) is 5.10 Å². The summed E-state index contributed by atoms with van der Waals surface area (Å²) in [5.74, 6) is -0.329. The lowest BCUT2D eigenvalue weighted by Crippen LogP contribution is -2.20. The number of hydrogen-bond acceptors (Lipinski definition) is 3. The summed E-state index contributed by atoms with van der Waals surface area (Å²) in [6.07, 6.45) is 1.37. The highest BCUT2D eigenvalue weighted by Gasteiger charge is 2.11. The van der Waals surface area contributed by atoms with Crippen LogP contribution in [-0.2, 0) is 0 Å². The molecule has 0 atom stereocenters. The van der Waals surface area contributed by atoms with Crippen molar-refractivity contribution in [3.05, 3.63) is 100.0 Å². The molecule has 0 unspecified atom stereocenters. The van der Waals surface area contributed by atoms with Crippen molar-refractivity contribution in [1.29, 1.82) is 0 Å². The summed E-state index contributed by atoms with van der Waals surface area (Å²) >= 11 is 0. The molecule has 3 aromatic carbocycles. The minimum Gasteiger partial charge on any atom is -0.295 e. The van der Waals surface area contributed by atoms with E-state index in [0.29, 0.717) is 16.8 Å². The number of aryl methyl sites for hydroxylation is 1. The van der Waals surface area contributed by atoms with E-state index in [-0.39, 0.29) is 11.5 Å². The fourth-order valence-electron chi connectivity index (χ4n) is 3.11. The zero-order chi connectivity index (χ0) is 19.5. The molecule has 4 aromatic rings. The second-order valence-corrected chi connectivity index (χ2v) is 6.35. The maximum Gasteiger partial charge on any atom is 0.280 e. The minimum absolute atomic E-state index is 0.230. The number of aromatic amines is 1. The van der Waals surface area contributed by atoms with Crippen LogP contribution in [0.4, 0.5) is 0 Å². The van der Waals surface area contributed by atoms with Gasteiger partial charge in [-0.2, -0.15) is 5.10 Å². The molecule has 6 heteroatoms. The van der Waals surface area contributed by atoms with Crippen molar-refractivity contribution in [2.75, 3.05) is 0 Å². The number of para-hydroxylation sites is 1. The van der Waals surface area contributed by atoms with Crippen LogP contribution in [-0.4, -0.2) is 21.9 Å². The molecule has 0 saturated carbocycles. The summed E-state index contributed by atoms with van der Waals surface area (Å²) in [7, 11) is 0. The molecule has 6 nitrogen and oxygen atoms in total. The Labute approximate surface area is 161 Å². The standard InChI is InChI=1S/C22H18N4O2/c1-15-20(22(28)26(25-15)17-10-3-2-4-11-17)14-23-24-21(27)19-13-7-9-16-8-5-6-12-18(16)19/h2-14,25H,1H3,(H,24,27). The lowest BCUT2D eigenvalue weighted by Gasteiger charge is -2.04. The molecular formula is C22H18N4O2. The maximum atomic E-state index is 12.6. The minimum atomic E-state index is -0.329. The summed E-state index contributed by atoms with van der Waals surface area (Å²) in [6.45, 7) is 1.79. The van der Waals surface area contributed by atoms with Gasteiger partial charge in [0.15, 0.2) is 0 Å². The third-order valence-corrected chi connectivity index (χ3v) is 4.53. The third kappa shape index (κ3) is 3.23. The zero-order valence-corrected chi connectivity index (χ0v) is 15.2. The monoisotopic (exact) mass is 370 g/mol. The molecule has 0 aliphatic rings. The molecule has 0 aliphatic heterocycles. The van der Waals surface area contributed by atoms with Gasteiger partial charge in [-0.05, 0) is 35.9 Å². The van der Waals surface area contributed by atoms with E-state index >= 15 is 0 Å². The van der Waals surface area contributed by atoms with E-state index in [9.17, 15) is 9.59 Å². The first-order chi connectivity index (χ1) is 13.6. The SMILES string of the molecule is Cc1[nH]n(-c2ccccc2)c(=O)c1C=NNC(=O)c1cccc2ccccc12. The molecule has 1 aromatic heterocycles. The highest BCUT2D eigenvalue weighted by molar-refractivity contribution is 6.07. The van der Waals surface area contributed by atoms with Crippen LogP contribution in [0.25, 0.3) is 16.5 Å². The normalized spacial score (nSPS) is 11.2. The van der Waals surface area contributed by atoms with Gasteiger partial charge in [0.05, 0.1) is 17.5 Å². The number of benzene rings is 3. The summed E-state index contributed by atoms with van der Waals surface area (Å²) < 4.78 is 1.45. The predicted molar refractivity (Wildman–Crippen MR) is 110 cm³/mol. The van der Waals surface area contributed by atoms with Crippen molar-refractivity contribution >= 4 is 22.9 Å². The Bertz CT molecular complexity index is 1230. The van der Waals surface area contributed by atoms with Crippen LogP contribution in [0.1, 0.15) is 21.6 Å². The largest absolute Gasteiger partial charge is 0.295 e. The van der Waals surface area contributed by atoms with Crippen LogP contribution in [0, 0.1) is 6.92 Å². The van der Waals surface area contributed by atoms with Crippen molar-refractivity contribution in [3.63, 3.8) is 0 Å². The average Bonchev–Trinajstić information content (AvgIpc) is 3.02. The molecule has 4 rings (SSSR count). The zero-order valence-electron chi connectivity index (χ0n) is 15.2. The van der Waals surface area contributed by atoms with Gasteiger partial charge >= 0.3 is 0 Å². The molecule has 1 heterocycles. The van der Waals surface area contributed by atoms with E-state index in [4.69, 9.17) is 0 Å². The molecule has 1 amide bonds. The van der Waals surface area contributed by atoms with Gasteiger partial charge in [-0.1, -0.05) is 54.6 Å².